The first-order valence-corrected chi connectivity index (χ1v) is 6.91. The van der Waals surface area contributed by atoms with Crippen molar-refractivity contribution in [3.8, 4) is 0 Å². The van der Waals surface area contributed by atoms with Gasteiger partial charge in [-0.2, -0.15) is 4.99 Å². The van der Waals surface area contributed by atoms with Gasteiger partial charge in [-0.3, -0.25) is 4.79 Å². The predicted molar refractivity (Wildman–Crippen MR) is 81.8 cm³/mol. The molecule has 0 unspecified atom stereocenters. The topological polar surface area (TPSA) is 76.0 Å². The maximum atomic E-state index is 13.8. The van der Waals surface area contributed by atoms with Crippen molar-refractivity contribution >= 4 is 17.8 Å². The molecule has 0 radical (unpaired) electrons. The lowest BCUT2D eigenvalue weighted by molar-refractivity contribution is -0.135. The molecule has 0 saturated carbocycles. The molecule has 2 aromatic carbocycles. The van der Waals surface area contributed by atoms with Crippen LogP contribution in [-0.4, -0.2) is 22.9 Å². The third-order valence-electron chi connectivity index (χ3n) is 2.99. The number of hydrogen-bond donors (Lipinski definition) is 1. The second-order valence-corrected chi connectivity index (χ2v) is 4.79. The van der Waals surface area contributed by atoms with Crippen LogP contribution in [0, 0.1) is 11.6 Å². The summed E-state index contributed by atoms with van der Waals surface area (Å²) in [6, 6.07) is 11.2. The van der Waals surface area contributed by atoms with Crippen LogP contribution in [0.3, 0.4) is 0 Å². The van der Waals surface area contributed by atoms with Gasteiger partial charge >= 0.3 is 12.1 Å². The van der Waals surface area contributed by atoms with Crippen LogP contribution in [0.25, 0.3) is 0 Å². The van der Waals surface area contributed by atoms with Gasteiger partial charge in [-0.25, -0.2) is 13.6 Å². The molecule has 0 bridgehead atoms. The van der Waals surface area contributed by atoms with E-state index in [1.807, 2.05) is 0 Å². The first kappa shape index (κ1) is 17.3. The van der Waals surface area contributed by atoms with E-state index >= 15 is 0 Å². The van der Waals surface area contributed by atoms with Crippen LogP contribution < -0.4 is 0 Å². The Kier molecular flexibility index (Phi) is 5.73. The van der Waals surface area contributed by atoms with E-state index in [0.29, 0.717) is 5.56 Å². The van der Waals surface area contributed by atoms with Crippen molar-refractivity contribution in [2.75, 3.05) is 0 Å². The van der Waals surface area contributed by atoms with Gasteiger partial charge in [0.2, 0.25) is 0 Å². The Balaban J connectivity index is 2.20. The zero-order chi connectivity index (χ0) is 17.5. The molecule has 5 nitrogen and oxygen atoms in total. The first-order valence-electron chi connectivity index (χ1n) is 6.91. The molecule has 0 aromatic heterocycles. The molecule has 7 heteroatoms. The molecule has 0 spiro atoms. The van der Waals surface area contributed by atoms with E-state index in [1.54, 1.807) is 30.3 Å². The second-order valence-electron chi connectivity index (χ2n) is 4.79. The van der Waals surface area contributed by atoms with Gasteiger partial charge in [-0.15, -0.1) is 0 Å². The van der Waals surface area contributed by atoms with Crippen molar-refractivity contribution in [2.24, 2.45) is 4.99 Å². The number of halogens is 2. The third-order valence-corrected chi connectivity index (χ3v) is 2.99. The zero-order valence-corrected chi connectivity index (χ0v) is 12.4. The minimum absolute atomic E-state index is 0.0742. The molecule has 24 heavy (non-hydrogen) atoms. The van der Waals surface area contributed by atoms with E-state index in [9.17, 15) is 18.4 Å². The number of hydrogen-bond acceptors (Lipinski definition) is 3. The van der Waals surface area contributed by atoms with Gasteiger partial charge in [0, 0.05) is 5.56 Å². The number of nitrogens with zero attached hydrogens (tertiary/aromatic N) is 1. The molecular formula is C17H13F2NO4. The fraction of sp³-hybridized carbons (Fsp3) is 0.118. The molecule has 0 fully saturated rings. The number of carbonyl (C=O) groups excluding carboxylic acids is 1. The van der Waals surface area contributed by atoms with E-state index in [4.69, 9.17) is 9.84 Å². The van der Waals surface area contributed by atoms with Crippen molar-refractivity contribution in [3.05, 3.63) is 71.3 Å². The number of carboxylic acids is 1. The van der Waals surface area contributed by atoms with Crippen LogP contribution >= 0.6 is 0 Å². The Hall–Kier alpha value is -3.09. The molecule has 1 N–H and O–H groups in total. The van der Waals surface area contributed by atoms with Gasteiger partial charge in [0.1, 0.15) is 18.2 Å². The normalized spacial score (nSPS) is 11.2. The molecule has 1 amide bonds. The maximum Gasteiger partial charge on any atom is 0.434 e. The Morgan fingerprint density at radius 1 is 1.08 bits per heavy atom. The highest BCUT2D eigenvalue weighted by atomic mass is 19.1. The SMILES string of the molecule is O=C(O)CC(=NC(=O)OCc1ccccc1)c1cc(F)ccc1F. The molecule has 2 aromatic rings. The standard InChI is InChI=1S/C17H13F2NO4/c18-12-6-7-14(19)13(8-12)15(9-16(21)22)20-17(23)24-10-11-4-2-1-3-5-11/h1-8H,9-10H2,(H,21,22). The molecule has 0 heterocycles. The third kappa shape index (κ3) is 4.98. The smallest absolute Gasteiger partial charge is 0.434 e. The number of carboxylic acid groups (broad SMARTS) is 1. The minimum atomic E-state index is -1.34. The van der Waals surface area contributed by atoms with Crippen molar-refractivity contribution in [1.29, 1.82) is 0 Å². The van der Waals surface area contributed by atoms with Crippen molar-refractivity contribution < 1.29 is 28.2 Å². The Morgan fingerprint density at radius 2 is 1.79 bits per heavy atom. The molecule has 0 atom stereocenters. The number of carbonyl (C=O) groups is 2. The van der Waals surface area contributed by atoms with Crippen LogP contribution in [0.5, 0.6) is 0 Å². The van der Waals surface area contributed by atoms with Crippen LogP contribution in [0.2, 0.25) is 0 Å². The van der Waals surface area contributed by atoms with Crippen molar-refractivity contribution in [3.63, 3.8) is 0 Å². The molecule has 2 rings (SSSR count). The summed E-state index contributed by atoms with van der Waals surface area (Å²) < 4.78 is 31.9. The van der Waals surface area contributed by atoms with E-state index in [1.165, 1.54) is 0 Å². The number of amides is 1. The number of rotatable bonds is 5. The van der Waals surface area contributed by atoms with E-state index in [-0.39, 0.29) is 6.61 Å². The minimum Gasteiger partial charge on any atom is -0.481 e. The molecule has 0 aliphatic heterocycles. The van der Waals surface area contributed by atoms with Gasteiger partial charge in [-0.1, -0.05) is 30.3 Å². The van der Waals surface area contributed by atoms with Crippen LogP contribution in [0.4, 0.5) is 13.6 Å². The number of aliphatic imine (C=N–C) groups is 1. The van der Waals surface area contributed by atoms with E-state index < -0.39 is 41.4 Å². The summed E-state index contributed by atoms with van der Waals surface area (Å²) in [6.07, 6.45) is -1.83. The lowest BCUT2D eigenvalue weighted by Crippen LogP contribution is -2.14. The number of aliphatic carboxylic acids is 1. The second kappa shape index (κ2) is 7.96. The number of ether oxygens (including phenoxy) is 1. The van der Waals surface area contributed by atoms with Gasteiger partial charge < -0.3 is 9.84 Å². The fourth-order valence-electron chi connectivity index (χ4n) is 1.92. The predicted octanol–water partition coefficient (Wildman–Crippen LogP) is 3.57. The molecule has 124 valence electrons. The molecule has 0 aliphatic rings. The molecular weight excluding hydrogens is 320 g/mol. The van der Waals surface area contributed by atoms with Crippen molar-refractivity contribution in [2.45, 2.75) is 13.0 Å². The summed E-state index contributed by atoms with van der Waals surface area (Å²) in [7, 11) is 0. The summed E-state index contributed by atoms with van der Waals surface area (Å²) >= 11 is 0. The summed E-state index contributed by atoms with van der Waals surface area (Å²) in [5.41, 5.74) is -0.107. The van der Waals surface area contributed by atoms with Gasteiger partial charge in [-0.05, 0) is 23.8 Å². The Morgan fingerprint density at radius 3 is 2.46 bits per heavy atom. The van der Waals surface area contributed by atoms with Crippen LogP contribution in [0.15, 0.2) is 53.5 Å². The molecule has 0 saturated heterocycles. The lowest BCUT2D eigenvalue weighted by atomic mass is 10.1. The highest BCUT2D eigenvalue weighted by Crippen LogP contribution is 2.14. The zero-order valence-electron chi connectivity index (χ0n) is 12.4. The average molecular weight is 333 g/mol. The van der Waals surface area contributed by atoms with Crippen molar-refractivity contribution in [1.82, 2.24) is 0 Å². The summed E-state index contributed by atoms with van der Waals surface area (Å²) in [4.78, 5) is 26.1. The summed E-state index contributed by atoms with van der Waals surface area (Å²) in [6.45, 7) is -0.0742. The van der Waals surface area contributed by atoms with Gasteiger partial charge in [0.05, 0.1) is 12.1 Å². The van der Waals surface area contributed by atoms with Gasteiger partial charge in [0.15, 0.2) is 0 Å². The summed E-state index contributed by atoms with van der Waals surface area (Å²) in [5.74, 6) is -3.00. The fourth-order valence-corrected chi connectivity index (χ4v) is 1.92. The highest BCUT2D eigenvalue weighted by Gasteiger charge is 2.16. The van der Waals surface area contributed by atoms with E-state index in [0.717, 1.165) is 18.2 Å². The summed E-state index contributed by atoms with van der Waals surface area (Å²) in [5, 5.41) is 8.88. The van der Waals surface area contributed by atoms with E-state index in [2.05, 4.69) is 4.99 Å². The molecule has 0 aliphatic carbocycles. The largest absolute Gasteiger partial charge is 0.481 e. The van der Waals surface area contributed by atoms with Gasteiger partial charge in [0.25, 0.3) is 0 Å². The average Bonchev–Trinajstić information content (AvgIpc) is 2.55. The Bertz CT molecular complexity index is 775. The first-order chi connectivity index (χ1) is 11.5. The highest BCUT2D eigenvalue weighted by molar-refractivity contribution is 6.12. The van der Waals surface area contributed by atoms with Crippen LogP contribution in [0.1, 0.15) is 17.5 Å². The Labute approximate surface area is 136 Å². The maximum absolute atomic E-state index is 13.8. The number of benzene rings is 2. The quantitative estimate of drug-likeness (QED) is 0.849. The lowest BCUT2D eigenvalue weighted by Gasteiger charge is -2.07. The monoisotopic (exact) mass is 333 g/mol. The van der Waals surface area contributed by atoms with Crippen LogP contribution in [-0.2, 0) is 16.1 Å².